The van der Waals surface area contributed by atoms with E-state index in [9.17, 15) is 13.2 Å². The highest BCUT2D eigenvalue weighted by Crippen LogP contribution is 2.30. The first-order valence-electron chi connectivity index (χ1n) is 11.0. The van der Waals surface area contributed by atoms with Crippen molar-refractivity contribution in [2.75, 3.05) is 42.4 Å². The monoisotopic (exact) mass is 497 g/mol. The van der Waals surface area contributed by atoms with Gasteiger partial charge in [0.1, 0.15) is 23.0 Å². The van der Waals surface area contributed by atoms with Crippen molar-refractivity contribution in [3.63, 3.8) is 0 Å². The average Bonchev–Trinajstić information content (AvgIpc) is 2.82. The van der Waals surface area contributed by atoms with E-state index in [-0.39, 0.29) is 35.7 Å². The standard InChI is InChI=1S/C20H28ClN7O4S/c1-25-20(29)19(32-15-6-4-3-5-7-15)16(13-24-25)27-8-10-28(11-9-27)33(30,31)26(2)18-12-17(21)22-14-23-18/h12-15H,3-11H2,1-2H3. The Balaban J connectivity index is 1.49. The Labute approximate surface area is 198 Å². The third-order valence-electron chi connectivity index (χ3n) is 6.10. The van der Waals surface area contributed by atoms with Crippen molar-refractivity contribution in [2.45, 2.75) is 38.2 Å². The number of nitrogens with zero attached hydrogens (tertiary/aromatic N) is 7. The zero-order valence-electron chi connectivity index (χ0n) is 18.7. The van der Waals surface area contributed by atoms with Gasteiger partial charge in [-0.1, -0.05) is 18.0 Å². The number of ether oxygens (including phenoxy) is 1. The lowest BCUT2D eigenvalue weighted by molar-refractivity contribution is 0.152. The summed E-state index contributed by atoms with van der Waals surface area (Å²) in [5, 5.41) is 4.33. The Kier molecular flexibility index (Phi) is 7.05. The van der Waals surface area contributed by atoms with Crippen LogP contribution < -0.4 is 19.5 Å². The predicted molar refractivity (Wildman–Crippen MR) is 125 cm³/mol. The Hall–Kier alpha value is -2.44. The second-order valence-electron chi connectivity index (χ2n) is 8.23. The van der Waals surface area contributed by atoms with Crippen LogP contribution in [-0.4, -0.2) is 71.8 Å². The molecule has 0 bridgehead atoms. The highest BCUT2D eigenvalue weighted by atomic mass is 35.5. The molecule has 0 amide bonds. The molecule has 3 heterocycles. The molecule has 0 N–H and O–H groups in total. The van der Waals surface area contributed by atoms with E-state index in [1.807, 2.05) is 4.90 Å². The molecule has 0 unspecified atom stereocenters. The summed E-state index contributed by atoms with van der Waals surface area (Å²) >= 11 is 5.88. The van der Waals surface area contributed by atoms with Crippen molar-refractivity contribution in [1.29, 1.82) is 0 Å². The number of anilines is 2. The summed E-state index contributed by atoms with van der Waals surface area (Å²) < 4.78 is 36.1. The Morgan fingerprint density at radius 1 is 1.12 bits per heavy atom. The van der Waals surface area contributed by atoms with Crippen molar-refractivity contribution in [3.05, 3.63) is 34.1 Å². The highest BCUT2D eigenvalue weighted by molar-refractivity contribution is 7.90. The molecule has 180 valence electrons. The van der Waals surface area contributed by atoms with E-state index in [0.29, 0.717) is 24.5 Å². The van der Waals surface area contributed by atoms with Gasteiger partial charge in [0, 0.05) is 46.3 Å². The van der Waals surface area contributed by atoms with Gasteiger partial charge in [0.25, 0.3) is 0 Å². The molecule has 0 spiro atoms. The normalized spacial score (nSPS) is 18.3. The summed E-state index contributed by atoms with van der Waals surface area (Å²) in [5.41, 5.74) is 0.324. The zero-order chi connectivity index (χ0) is 23.6. The first-order chi connectivity index (χ1) is 15.8. The number of piperazine rings is 1. The van der Waals surface area contributed by atoms with Gasteiger partial charge in [0.05, 0.1) is 12.3 Å². The molecular weight excluding hydrogens is 470 g/mol. The van der Waals surface area contributed by atoms with E-state index in [4.69, 9.17) is 16.3 Å². The number of aromatic nitrogens is 4. The molecule has 1 saturated carbocycles. The molecule has 2 fully saturated rings. The molecule has 1 saturated heterocycles. The molecule has 2 aromatic rings. The fraction of sp³-hybridized carbons (Fsp3) is 0.600. The van der Waals surface area contributed by atoms with Crippen LogP contribution in [0.3, 0.4) is 0 Å². The predicted octanol–water partition coefficient (Wildman–Crippen LogP) is 1.44. The van der Waals surface area contributed by atoms with E-state index in [2.05, 4.69) is 15.1 Å². The van der Waals surface area contributed by atoms with Crippen molar-refractivity contribution in [2.24, 2.45) is 7.05 Å². The second kappa shape index (κ2) is 9.82. The number of rotatable bonds is 6. The number of halogens is 1. The molecule has 13 heteroatoms. The fourth-order valence-corrected chi connectivity index (χ4v) is 5.59. The lowest BCUT2D eigenvalue weighted by atomic mass is 9.98. The van der Waals surface area contributed by atoms with Gasteiger partial charge in [0.15, 0.2) is 0 Å². The van der Waals surface area contributed by atoms with E-state index in [1.165, 1.54) is 34.8 Å². The summed E-state index contributed by atoms with van der Waals surface area (Å²) in [6.07, 6.45) is 8.08. The Bertz CT molecular complexity index is 1150. The van der Waals surface area contributed by atoms with Gasteiger partial charge in [-0.15, -0.1) is 0 Å². The maximum absolute atomic E-state index is 13.1. The van der Waals surface area contributed by atoms with Crippen LogP contribution in [0, 0.1) is 0 Å². The van der Waals surface area contributed by atoms with Crippen molar-refractivity contribution >= 4 is 33.3 Å². The van der Waals surface area contributed by atoms with Crippen molar-refractivity contribution < 1.29 is 13.2 Å². The second-order valence-corrected chi connectivity index (χ2v) is 10.6. The lowest BCUT2D eigenvalue weighted by Gasteiger charge is -2.37. The molecular formula is C20H28ClN7O4S. The molecule has 2 aromatic heterocycles. The average molecular weight is 498 g/mol. The van der Waals surface area contributed by atoms with Gasteiger partial charge in [-0.2, -0.15) is 17.8 Å². The van der Waals surface area contributed by atoms with Gasteiger partial charge in [-0.25, -0.2) is 19.0 Å². The first kappa shape index (κ1) is 23.7. The van der Waals surface area contributed by atoms with E-state index in [1.54, 1.807) is 13.2 Å². The molecule has 11 nitrogen and oxygen atoms in total. The van der Waals surface area contributed by atoms with Gasteiger partial charge < -0.3 is 9.64 Å². The largest absolute Gasteiger partial charge is 0.483 e. The summed E-state index contributed by atoms with van der Waals surface area (Å²) in [6, 6.07) is 1.40. The highest BCUT2D eigenvalue weighted by Gasteiger charge is 2.33. The van der Waals surface area contributed by atoms with Crippen LogP contribution in [0.25, 0.3) is 0 Å². The van der Waals surface area contributed by atoms with Crippen LogP contribution in [0.5, 0.6) is 5.75 Å². The SMILES string of the molecule is CN(c1cc(Cl)ncn1)S(=O)(=O)N1CCN(c2cnn(C)c(=O)c2OC2CCCCC2)CC1. The van der Waals surface area contributed by atoms with Crippen molar-refractivity contribution in [1.82, 2.24) is 24.1 Å². The van der Waals surface area contributed by atoms with Crippen molar-refractivity contribution in [3.8, 4) is 5.75 Å². The maximum atomic E-state index is 13.1. The quantitative estimate of drug-likeness (QED) is 0.551. The minimum absolute atomic E-state index is 0.0163. The lowest BCUT2D eigenvalue weighted by Crippen LogP contribution is -2.53. The summed E-state index contributed by atoms with van der Waals surface area (Å²) in [4.78, 5) is 22.6. The molecule has 4 rings (SSSR count). The Morgan fingerprint density at radius 2 is 1.82 bits per heavy atom. The maximum Gasteiger partial charge on any atom is 0.311 e. The molecule has 33 heavy (non-hydrogen) atoms. The number of hydrogen-bond acceptors (Lipinski definition) is 8. The number of aryl methyl sites for hydroxylation is 1. The van der Waals surface area contributed by atoms with Crippen LogP contribution in [0.1, 0.15) is 32.1 Å². The molecule has 1 aliphatic carbocycles. The minimum Gasteiger partial charge on any atom is -0.483 e. The van der Waals surface area contributed by atoms with E-state index >= 15 is 0 Å². The van der Waals surface area contributed by atoms with Gasteiger partial charge in [-0.3, -0.25) is 4.79 Å². The van der Waals surface area contributed by atoms with Crippen LogP contribution >= 0.6 is 11.6 Å². The summed E-state index contributed by atoms with van der Waals surface area (Å²) in [6.45, 7) is 1.27. The summed E-state index contributed by atoms with van der Waals surface area (Å²) in [7, 11) is -0.778. The van der Waals surface area contributed by atoms with Gasteiger partial charge >= 0.3 is 15.8 Å². The molecule has 0 atom stereocenters. The topological polar surface area (TPSA) is 114 Å². The summed E-state index contributed by atoms with van der Waals surface area (Å²) in [5.74, 6) is 0.486. The van der Waals surface area contributed by atoms with Crippen LogP contribution in [0.2, 0.25) is 5.15 Å². The zero-order valence-corrected chi connectivity index (χ0v) is 20.3. The molecule has 1 aliphatic heterocycles. The van der Waals surface area contributed by atoms with E-state index in [0.717, 1.165) is 30.0 Å². The Morgan fingerprint density at radius 3 is 2.48 bits per heavy atom. The third-order valence-corrected chi connectivity index (χ3v) is 8.21. The van der Waals surface area contributed by atoms with Gasteiger partial charge in [0.2, 0.25) is 5.75 Å². The first-order valence-corrected chi connectivity index (χ1v) is 12.7. The molecule has 0 aromatic carbocycles. The number of hydrogen-bond donors (Lipinski definition) is 0. The third kappa shape index (κ3) is 5.07. The smallest absolute Gasteiger partial charge is 0.311 e. The molecule has 0 radical (unpaired) electrons. The fourth-order valence-electron chi connectivity index (χ4n) is 4.14. The minimum atomic E-state index is -3.81. The van der Waals surface area contributed by atoms with Crippen LogP contribution in [0.15, 0.2) is 23.4 Å². The molecule has 2 aliphatic rings. The van der Waals surface area contributed by atoms with Crippen LogP contribution in [-0.2, 0) is 17.3 Å². The van der Waals surface area contributed by atoms with Gasteiger partial charge in [-0.05, 0) is 25.7 Å². The van der Waals surface area contributed by atoms with Crippen LogP contribution in [0.4, 0.5) is 11.5 Å². The van der Waals surface area contributed by atoms with E-state index < -0.39 is 10.2 Å².